The van der Waals surface area contributed by atoms with Crippen LogP contribution in [0.3, 0.4) is 0 Å². The first-order chi connectivity index (χ1) is 21.9. The van der Waals surface area contributed by atoms with Crippen LogP contribution in [0.1, 0.15) is 90.2 Å². The molecular formula is C44H56NbSi-4. The first-order valence-electron chi connectivity index (χ1n) is 17.7. The molecule has 0 saturated carbocycles. The van der Waals surface area contributed by atoms with Crippen molar-refractivity contribution in [2.45, 2.75) is 105 Å². The average Bonchev–Trinajstić information content (AvgIpc) is 3.66. The molecule has 0 aromatic heterocycles. The predicted molar refractivity (Wildman–Crippen MR) is 209 cm³/mol. The molecule has 0 unspecified atom stereocenters. The topological polar surface area (TPSA) is 0 Å². The summed E-state index contributed by atoms with van der Waals surface area (Å²) in [6.07, 6.45) is 11.9. The average molecular weight is 706 g/mol. The molecule has 0 aliphatic heterocycles. The Morgan fingerprint density at radius 2 is 0.913 bits per heavy atom. The van der Waals surface area contributed by atoms with E-state index in [1.807, 2.05) is 0 Å². The van der Waals surface area contributed by atoms with Crippen LogP contribution in [0.25, 0.3) is 43.1 Å². The second-order valence-electron chi connectivity index (χ2n) is 13.1. The number of aryl methyl sites for hydroxylation is 2. The van der Waals surface area contributed by atoms with Crippen molar-refractivity contribution in [2.24, 2.45) is 0 Å². The van der Waals surface area contributed by atoms with Crippen LogP contribution in [0.2, 0.25) is 13.1 Å². The number of hydrogen-bond donors (Lipinski definition) is 0. The third kappa shape index (κ3) is 8.16. The maximum absolute atomic E-state index is 3.60. The molecule has 0 bridgehead atoms. The van der Waals surface area contributed by atoms with Crippen LogP contribution in [0, 0.1) is 13.8 Å². The van der Waals surface area contributed by atoms with Gasteiger partial charge in [-0.1, -0.05) is 151 Å². The maximum atomic E-state index is 3.60. The molecule has 0 atom stereocenters. The van der Waals surface area contributed by atoms with Gasteiger partial charge in [-0.25, -0.2) is 0 Å². The molecule has 2 heteroatoms. The van der Waals surface area contributed by atoms with Gasteiger partial charge in [0.2, 0.25) is 0 Å². The molecule has 1 radical (unpaired) electrons. The second-order valence-corrected chi connectivity index (χ2v) is 17.4. The van der Waals surface area contributed by atoms with Crippen molar-refractivity contribution < 1.29 is 22.4 Å². The van der Waals surface area contributed by atoms with Crippen LogP contribution < -0.4 is 10.4 Å². The summed E-state index contributed by atoms with van der Waals surface area (Å²) in [6.45, 7) is 21.4. The van der Waals surface area contributed by atoms with Crippen molar-refractivity contribution in [1.82, 2.24) is 0 Å². The van der Waals surface area contributed by atoms with Gasteiger partial charge in [0.25, 0.3) is 0 Å². The van der Waals surface area contributed by atoms with Crippen molar-refractivity contribution in [3.8, 4) is 0 Å². The van der Waals surface area contributed by atoms with Crippen molar-refractivity contribution in [3.05, 3.63) is 110 Å². The summed E-state index contributed by atoms with van der Waals surface area (Å²) in [5, 5.41) is 14.8. The fraction of sp³-hybridized carbons (Fsp3) is 0.364. The molecule has 245 valence electrons. The smallest absolute Gasteiger partial charge is 0.00107 e. The number of rotatable bonds is 10. The van der Waals surface area contributed by atoms with Crippen molar-refractivity contribution in [3.63, 3.8) is 0 Å². The first-order valence-corrected chi connectivity index (χ1v) is 20.7. The van der Waals surface area contributed by atoms with Crippen LogP contribution in [-0.2, 0) is 35.2 Å². The molecule has 0 amide bonds. The zero-order valence-corrected chi connectivity index (χ0v) is 32.7. The molecule has 0 heterocycles. The van der Waals surface area contributed by atoms with Gasteiger partial charge in [-0.2, -0.15) is 23.2 Å². The molecular weight excluding hydrogens is 649 g/mol. The van der Waals surface area contributed by atoms with Gasteiger partial charge in [0, 0.05) is 30.5 Å². The zero-order chi connectivity index (χ0) is 32.4. The largest absolute Gasteiger partial charge is 0.343 e. The summed E-state index contributed by atoms with van der Waals surface area (Å²) < 4.78 is 0. The number of benzene rings is 4. The molecule has 0 saturated heterocycles. The van der Waals surface area contributed by atoms with Crippen LogP contribution in [-0.4, -0.2) is 8.07 Å². The summed E-state index contributed by atoms with van der Waals surface area (Å²) in [5.41, 5.74) is 3.20. The number of unbranched alkanes of at least 4 members (excludes halogenated alkanes) is 4. The summed E-state index contributed by atoms with van der Waals surface area (Å²) in [7, 11) is -2.10. The van der Waals surface area contributed by atoms with E-state index >= 15 is 0 Å². The first kappa shape index (κ1) is 38.0. The summed E-state index contributed by atoms with van der Waals surface area (Å²) in [5.74, 6) is 0. The number of hydrogen-bond acceptors (Lipinski definition) is 0. The predicted octanol–water partition coefficient (Wildman–Crippen LogP) is 12.5. The molecule has 6 aromatic carbocycles. The molecule has 0 nitrogen and oxygen atoms in total. The maximum Gasteiger partial charge on any atom is 0.00107 e. The van der Waals surface area contributed by atoms with Gasteiger partial charge in [-0.3, -0.25) is 0 Å². The summed E-state index contributed by atoms with van der Waals surface area (Å²) in [4.78, 5) is 0. The fourth-order valence-electron chi connectivity index (χ4n) is 6.90. The van der Waals surface area contributed by atoms with E-state index in [-0.39, 0.29) is 22.4 Å². The van der Waals surface area contributed by atoms with E-state index in [0.29, 0.717) is 0 Å². The van der Waals surface area contributed by atoms with E-state index < -0.39 is 8.07 Å². The van der Waals surface area contributed by atoms with Crippen LogP contribution in [0.15, 0.2) is 84.9 Å². The SMILES string of the molecule is CCCCc1[cH-]c2ccc3ccccc3c2c1[Si](C)(C)c1c(CCCC)[cH-]c2ccc3ccccc3c12.[CH2-]CCC.[CH2-]CCC.[Nb]. The third-order valence-electron chi connectivity index (χ3n) is 9.28. The Bertz CT molecular complexity index is 1660. The molecule has 6 rings (SSSR count). The standard InChI is InChI=1S/C36H38Si.2C4H9.Nb/c1-5-7-13-29-23-27-21-19-25-15-9-11-17-31(25)33(27)35(29)37(3,4)36-30(14-8-6-2)24-28-22-20-26-16-10-12-18-32(26)34(28)36;2*1-3-4-2;/h9-12,15-24H,5-8,13-14H2,1-4H3;2*1,3-4H2,2H3;/q-2;2*-1;. The Kier molecular flexibility index (Phi) is 15.1. The fourth-order valence-corrected chi connectivity index (χ4v) is 11.0. The monoisotopic (exact) mass is 705 g/mol. The van der Waals surface area contributed by atoms with E-state index in [0.717, 1.165) is 12.8 Å². The van der Waals surface area contributed by atoms with Gasteiger partial charge in [-0.15, -0.1) is 56.9 Å². The minimum absolute atomic E-state index is 0. The van der Waals surface area contributed by atoms with Gasteiger partial charge in [0.1, 0.15) is 0 Å². The van der Waals surface area contributed by atoms with E-state index in [9.17, 15) is 0 Å². The van der Waals surface area contributed by atoms with E-state index in [4.69, 9.17) is 0 Å². The second kappa shape index (κ2) is 18.2. The zero-order valence-electron chi connectivity index (χ0n) is 29.5. The van der Waals surface area contributed by atoms with Crippen LogP contribution >= 0.6 is 0 Å². The van der Waals surface area contributed by atoms with Gasteiger partial charge in [0.05, 0.1) is 0 Å². The van der Waals surface area contributed by atoms with Gasteiger partial charge in [-0.05, 0) is 23.6 Å². The Balaban J connectivity index is 0.000000577. The molecule has 0 aliphatic rings. The van der Waals surface area contributed by atoms with Crippen molar-refractivity contribution in [1.29, 1.82) is 0 Å². The van der Waals surface area contributed by atoms with E-state index in [1.54, 1.807) is 21.5 Å². The minimum atomic E-state index is -2.10. The molecule has 0 fully saturated rings. The molecule has 6 aromatic rings. The normalized spacial score (nSPS) is 11.3. The van der Waals surface area contributed by atoms with Gasteiger partial charge in [0.15, 0.2) is 0 Å². The Hall–Kier alpha value is -2.42. The van der Waals surface area contributed by atoms with E-state index in [2.05, 4.69) is 140 Å². The van der Waals surface area contributed by atoms with Crippen LogP contribution in [0.5, 0.6) is 0 Å². The quantitative estimate of drug-likeness (QED) is 0.0983. The van der Waals surface area contributed by atoms with Crippen molar-refractivity contribution >= 4 is 61.5 Å². The van der Waals surface area contributed by atoms with Crippen molar-refractivity contribution in [2.75, 3.05) is 0 Å². The number of fused-ring (bicyclic) bond motifs is 6. The molecule has 0 aliphatic carbocycles. The minimum Gasteiger partial charge on any atom is -0.343 e. The molecule has 0 N–H and O–H groups in total. The Morgan fingerprint density at radius 3 is 1.26 bits per heavy atom. The van der Waals surface area contributed by atoms with Crippen LogP contribution in [0.4, 0.5) is 0 Å². The van der Waals surface area contributed by atoms with Gasteiger partial charge < -0.3 is 13.8 Å². The van der Waals surface area contributed by atoms with E-state index in [1.165, 1.54) is 94.5 Å². The molecule has 46 heavy (non-hydrogen) atoms. The Labute approximate surface area is 297 Å². The molecule has 0 spiro atoms. The third-order valence-corrected chi connectivity index (χ3v) is 12.9. The summed E-state index contributed by atoms with van der Waals surface area (Å²) in [6, 6.07) is 32.5. The van der Waals surface area contributed by atoms with Gasteiger partial charge >= 0.3 is 0 Å². The summed E-state index contributed by atoms with van der Waals surface area (Å²) >= 11 is 0. The Morgan fingerprint density at radius 1 is 0.543 bits per heavy atom.